The summed E-state index contributed by atoms with van der Waals surface area (Å²) in [7, 11) is 2.79. The molecular formula is C6H8FN3O. The lowest BCUT2D eigenvalue weighted by atomic mass is 10.6. The highest BCUT2D eigenvalue weighted by Crippen LogP contribution is 1.80. The normalized spacial score (nSPS) is 10.1. The van der Waals surface area contributed by atoms with Gasteiger partial charge >= 0.3 is 5.69 Å². The average Bonchev–Trinajstić information content (AvgIpc) is 1.97. The van der Waals surface area contributed by atoms with Gasteiger partial charge in [0.25, 0.3) is 0 Å². The van der Waals surface area contributed by atoms with Crippen molar-refractivity contribution in [2.75, 3.05) is 0 Å². The zero-order valence-electron chi connectivity index (χ0n) is 6.26. The molecule has 1 N–H and O–H groups in total. The van der Waals surface area contributed by atoms with Crippen molar-refractivity contribution in [1.82, 2.24) is 9.13 Å². The second-order valence-corrected chi connectivity index (χ2v) is 2.28. The molecule has 0 bridgehead atoms. The molecule has 0 radical (unpaired) electrons. The van der Waals surface area contributed by atoms with Crippen LogP contribution in [0.25, 0.3) is 0 Å². The highest BCUT2D eigenvalue weighted by Gasteiger charge is 2.00. The van der Waals surface area contributed by atoms with Gasteiger partial charge in [0, 0.05) is 20.3 Å². The molecule has 1 aromatic heterocycles. The summed E-state index contributed by atoms with van der Waals surface area (Å²) in [6, 6.07) is 0. The van der Waals surface area contributed by atoms with Gasteiger partial charge in [-0.1, -0.05) is 0 Å². The molecule has 0 aromatic carbocycles. The summed E-state index contributed by atoms with van der Waals surface area (Å²) >= 11 is 0. The van der Waals surface area contributed by atoms with Gasteiger partial charge in [-0.2, -0.15) is 0 Å². The number of nitrogens with zero attached hydrogens (tertiary/aromatic N) is 2. The number of aryl methyl sites for hydroxylation is 1. The Morgan fingerprint density at radius 1 is 1.55 bits per heavy atom. The average molecular weight is 157 g/mol. The van der Waals surface area contributed by atoms with Gasteiger partial charge in [-0.15, -0.1) is 0 Å². The molecule has 1 rings (SSSR count). The third-order valence-electron chi connectivity index (χ3n) is 1.46. The summed E-state index contributed by atoms with van der Waals surface area (Å²) in [6.45, 7) is 0. The van der Waals surface area contributed by atoms with Gasteiger partial charge in [0.05, 0.1) is 0 Å². The summed E-state index contributed by atoms with van der Waals surface area (Å²) in [6.07, 6.45) is 0.991. The highest BCUT2D eigenvalue weighted by atomic mass is 19.1. The Kier molecular flexibility index (Phi) is 1.64. The summed E-state index contributed by atoms with van der Waals surface area (Å²) in [4.78, 5) is 11.0. The Labute approximate surface area is 62.0 Å². The minimum absolute atomic E-state index is 0.395. The fraction of sp³-hybridized carbons (Fsp3) is 0.333. The molecular weight excluding hydrogens is 149 g/mol. The fourth-order valence-electron chi connectivity index (χ4n) is 0.779. The molecule has 0 unspecified atom stereocenters. The first-order valence-corrected chi connectivity index (χ1v) is 3.01. The van der Waals surface area contributed by atoms with Crippen molar-refractivity contribution in [2.24, 2.45) is 14.1 Å². The monoisotopic (exact) mass is 157 g/mol. The van der Waals surface area contributed by atoms with Crippen LogP contribution in [0.15, 0.2) is 11.0 Å². The second kappa shape index (κ2) is 2.34. The topological polar surface area (TPSA) is 50.8 Å². The molecule has 0 saturated carbocycles. The van der Waals surface area contributed by atoms with E-state index < -0.39 is 17.0 Å². The Balaban J connectivity index is 3.74. The van der Waals surface area contributed by atoms with Gasteiger partial charge in [0.15, 0.2) is 11.3 Å². The van der Waals surface area contributed by atoms with E-state index in [4.69, 9.17) is 5.41 Å². The van der Waals surface area contributed by atoms with Gasteiger partial charge < -0.3 is 4.57 Å². The van der Waals surface area contributed by atoms with E-state index in [9.17, 15) is 9.18 Å². The van der Waals surface area contributed by atoms with E-state index in [1.807, 2.05) is 0 Å². The molecule has 0 fully saturated rings. The molecule has 0 spiro atoms. The smallest absolute Gasteiger partial charge is 0.301 e. The van der Waals surface area contributed by atoms with Gasteiger partial charge in [0.1, 0.15) is 0 Å². The molecule has 1 heterocycles. The largest absolute Gasteiger partial charge is 0.329 e. The first-order chi connectivity index (χ1) is 5.04. The lowest BCUT2D eigenvalue weighted by molar-refractivity contribution is 0.530. The van der Waals surface area contributed by atoms with Crippen molar-refractivity contribution in [2.45, 2.75) is 0 Å². The molecule has 0 atom stereocenters. The molecule has 0 aliphatic heterocycles. The van der Waals surface area contributed by atoms with Crippen LogP contribution in [-0.4, -0.2) is 9.13 Å². The van der Waals surface area contributed by atoms with Crippen LogP contribution in [0.5, 0.6) is 0 Å². The lowest BCUT2D eigenvalue weighted by Crippen LogP contribution is -2.38. The first kappa shape index (κ1) is 7.71. The van der Waals surface area contributed by atoms with Crippen LogP contribution in [0.2, 0.25) is 0 Å². The third kappa shape index (κ3) is 1.09. The van der Waals surface area contributed by atoms with Crippen molar-refractivity contribution >= 4 is 0 Å². The highest BCUT2D eigenvalue weighted by molar-refractivity contribution is 4.85. The number of rotatable bonds is 0. The van der Waals surface area contributed by atoms with E-state index >= 15 is 0 Å². The number of hydrogen-bond donors (Lipinski definition) is 1. The SMILES string of the molecule is Cn1cc(F)c(=N)n(C)c1=O. The summed E-state index contributed by atoms with van der Waals surface area (Å²) in [5.74, 6) is -0.699. The van der Waals surface area contributed by atoms with Crippen LogP contribution in [-0.2, 0) is 14.1 Å². The number of aromatic nitrogens is 2. The number of hydrogen-bond acceptors (Lipinski definition) is 2. The van der Waals surface area contributed by atoms with Crippen molar-refractivity contribution in [1.29, 1.82) is 5.41 Å². The molecule has 0 aliphatic rings. The van der Waals surface area contributed by atoms with Gasteiger partial charge in [-0.05, 0) is 0 Å². The lowest BCUT2D eigenvalue weighted by Gasteiger charge is -2.01. The van der Waals surface area contributed by atoms with Crippen LogP contribution >= 0.6 is 0 Å². The number of nitrogens with one attached hydrogen (secondary N) is 1. The van der Waals surface area contributed by atoms with Crippen molar-refractivity contribution in [3.8, 4) is 0 Å². The quantitative estimate of drug-likeness (QED) is 0.534. The van der Waals surface area contributed by atoms with Gasteiger partial charge in [-0.25, -0.2) is 9.18 Å². The van der Waals surface area contributed by atoms with Gasteiger partial charge in [-0.3, -0.25) is 9.98 Å². The summed E-state index contributed by atoms with van der Waals surface area (Å²) in [5, 5.41) is 7.06. The van der Waals surface area contributed by atoms with Crippen molar-refractivity contribution in [3.05, 3.63) is 28.0 Å². The molecule has 0 aliphatic carbocycles. The molecule has 60 valence electrons. The Hall–Kier alpha value is -1.39. The Bertz CT molecular complexity index is 356. The van der Waals surface area contributed by atoms with Gasteiger partial charge in [0.2, 0.25) is 0 Å². The molecule has 11 heavy (non-hydrogen) atoms. The van der Waals surface area contributed by atoms with Crippen LogP contribution in [0.4, 0.5) is 4.39 Å². The maximum Gasteiger partial charge on any atom is 0.329 e. The zero-order valence-corrected chi connectivity index (χ0v) is 6.26. The van der Waals surface area contributed by atoms with Crippen LogP contribution in [0.3, 0.4) is 0 Å². The standard InChI is InChI=1S/C6H8FN3O/c1-9-3-4(7)5(8)10(2)6(9)11/h3,8H,1-2H3. The second-order valence-electron chi connectivity index (χ2n) is 2.28. The predicted molar refractivity (Wildman–Crippen MR) is 36.5 cm³/mol. The molecule has 0 amide bonds. The van der Waals surface area contributed by atoms with Crippen LogP contribution in [0.1, 0.15) is 0 Å². The van der Waals surface area contributed by atoms with E-state index in [1.54, 1.807) is 0 Å². The number of halogens is 1. The summed E-state index contributed by atoms with van der Waals surface area (Å²) < 4.78 is 14.7. The maximum absolute atomic E-state index is 12.7. The Morgan fingerprint density at radius 2 is 2.09 bits per heavy atom. The predicted octanol–water partition coefficient (Wildman–Crippen LogP) is -0.658. The van der Waals surface area contributed by atoms with E-state index in [0.717, 1.165) is 15.3 Å². The fourth-order valence-corrected chi connectivity index (χ4v) is 0.779. The minimum Gasteiger partial charge on any atom is -0.301 e. The van der Waals surface area contributed by atoms with E-state index in [0.29, 0.717) is 0 Å². The molecule has 1 aromatic rings. The van der Waals surface area contributed by atoms with Crippen molar-refractivity contribution in [3.63, 3.8) is 0 Å². The summed E-state index contributed by atoms with van der Waals surface area (Å²) in [5.41, 5.74) is -0.801. The molecule has 5 heteroatoms. The zero-order chi connectivity index (χ0) is 8.59. The first-order valence-electron chi connectivity index (χ1n) is 3.01. The molecule has 4 nitrogen and oxygen atoms in total. The maximum atomic E-state index is 12.7. The minimum atomic E-state index is -0.699. The van der Waals surface area contributed by atoms with Crippen LogP contribution in [0, 0.1) is 11.2 Å². The van der Waals surface area contributed by atoms with Crippen molar-refractivity contribution < 1.29 is 4.39 Å². The van der Waals surface area contributed by atoms with E-state index in [2.05, 4.69) is 0 Å². The van der Waals surface area contributed by atoms with Crippen LogP contribution < -0.4 is 11.2 Å². The van der Waals surface area contributed by atoms with E-state index in [-0.39, 0.29) is 0 Å². The third-order valence-corrected chi connectivity index (χ3v) is 1.46. The van der Waals surface area contributed by atoms with E-state index in [1.165, 1.54) is 14.1 Å². The Morgan fingerprint density at radius 3 is 2.64 bits per heavy atom. The molecule has 0 saturated heterocycles.